The number of phenols is 1. The van der Waals surface area contributed by atoms with Crippen LogP contribution in [0.15, 0.2) is 112 Å². The first-order valence-electron chi connectivity index (χ1n) is 13.9. The number of carbonyl (C=O) groups excluding carboxylic acids is 2. The summed E-state index contributed by atoms with van der Waals surface area (Å²) in [5.74, 6) is -1.14. The lowest BCUT2D eigenvalue weighted by Crippen LogP contribution is -2.16. The van der Waals surface area contributed by atoms with Crippen LogP contribution in [0.5, 0.6) is 17.2 Å². The van der Waals surface area contributed by atoms with Crippen molar-refractivity contribution >= 4 is 22.9 Å². The number of benzene rings is 4. The Morgan fingerprint density at radius 2 is 1.35 bits per heavy atom. The van der Waals surface area contributed by atoms with Gasteiger partial charge in [0.2, 0.25) is 11.2 Å². The fraction of sp³-hybridized carbons (Fsp3) is 0.171. The second kappa shape index (κ2) is 14.0. The molecule has 8 heteroatoms. The van der Waals surface area contributed by atoms with E-state index in [1.54, 1.807) is 30.3 Å². The number of carbonyl (C=O) groups is 2. The molecule has 0 amide bonds. The van der Waals surface area contributed by atoms with Gasteiger partial charge in [0.1, 0.15) is 18.8 Å². The van der Waals surface area contributed by atoms with E-state index in [1.807, 2.05) is 60.7 Å². The Balaban J connectivity index is 1.28. The van der Waals surface area contributed by atoms with Crippen molar-refractivity contribution in [2.24, 2.45) is 0 Å². The molecule has 0 fully saturated rings. The zero-order chi connectivity index (χ0) is 30.0. The van der Waals surface area contributed by atoms with Crippen molar-refractivity contribution in [3.8, 4) is 28.6 Å². The van der Waals surface area contributed by atoms with E-state index in [2.05, 4.69) is 0 Å². The molecule has 8 nitrogen and oxygen atoms in total. The van der Waals surface area contributed by atoms with Crippen molar-refractivity contribution in [2.45, 2.75) is 38.9 Å². The molecule has 0 aliphatic carbocycles. The zero-order valence-electron chi connectivity index (χ0n) is 23.4. The van der Waals surface area contributed by atoms with Gasteiger partial charge in [-0.1, -0.05) is 72.8 Å². The number of phenolic OH excluding ortho intramolecular Hbond substituents is 1. The highest BCUT2D eigenvalue weighted by molar-refractivity contribution is 5.84. The molecule has 0 bridgehead atoms. The summed E-state index contributed by atoms with van der Waals surface area (Å²) >= 11 is 0. The predicted molar refractivity (Wildman–Crippen MR) is 161 cm³/mol. The molecule has 0 atom stereocenters. The standard InChI is InChI=1S/C35H30O8/c36-28-20-19-26(21-30(28)40-22-24-11-3-1-4-12-24)34-35(33(39)27-15-7-8-16-29(27)42-34)43-32(38)18-10-9-17-31(37)41-23-25-13-5-2-6-14-25/h1-8,11-16,19-21,36H,9-10,17-18,22-23H2. The molecule has 0 aliphatic rings. The summed E-state index contributed by atoms with van der Waals surface area (Å²) in [4.78, 5) is 38.4. The van der Waals surface area contributed by atoms with Gasteiger partial charge in [0.15, 0.2) is 17.3 Å². The van der Waals surface area contributed by atoms with Crippen LogP contribution in [0, 0.1) is 0 Å². The lowest BCUT2D eigenvalue weighted by Gasteiger charge is -2.13. The zero-order valence-corrected chi connectivity index (χ0v) is 23.4. The second-order valence-corrected chi connectivity index (χ2v) is 9.87. The Labute approximate surface area is 248 Å². The Morgan fingerprint density at radius 1 is 0.721 bits per heavy atom. The van der Waals surface area contributed by atoms with Crippen molar-refractivity contribution in [3.05, 3.63) is 124 Å². The first-order valence-corrected chi connectivity index (χ1v) is 13.9. The van der Waals surface area contributed by atoms with Crippen molar-refractivity contribution < 1.29 is 33.3 Å². The summed E-state index contributed by atoms with van der Waals surface area (Å²) in [5.41, 5.74) is 2.00. The molecule has 43 heavy (non-hydrogen) atoms. The number of unbranched alkanes of at least 4 members (excludes halogenated alkanes) is 1. The number of aromatic hydroxyl groups is 1. The number of para-hydroxylation sites is 1. The Kier molecular flexibility index (Phi) is 9.49. The minimum Gasteiger partial charge on any atom is -0.504 e. The van der Waals surface area contributed by atoms with Gasteiger partial charge in [-0.2, -0.15) is 0 Å². The lowest BCUT2D eigenvalue weighted by atomic mass is 10.1. The molecule has 5 rings (SSSR count). The monoisotopic (exact) mass is 578 g/mol. The largest absolute Gasteiger partial charge is 0.504 e. The van der Waals surface area contributed by atoms with E-state index in [1.165, 1.54) is 12.1 Å². The van der Waals surface area contributed by atoms with Crippen LogP contribution in [0.1, 0.15) is 36.8 Å². The maximum absolute atomic E-state index is 13.4. The summed E-state index contributed by atoms with van der Waals surface area (Å²) in [6.45, 7) is 0.402. The van der Waals surface area contributed by atoms with Crippen LogP contribution in [0.4, 0.5) is 0 Å². The van der Waals surface area contributed by atoms with E-state index >= 15 is 0 Å². The molecular weight excluding hydrogens is 548 g/mol. The van der Waals surface area contributed by atoms with Gasteiger partial charge in [-0.3, -0.25) is 14.4 Å². The van der Waals surface area contributed by atoms with Gasteiger partial charge in [0, 0.05) is 18.4 Å². The van der Waals surface area contributed by atoms with Crippen LogP contribution in [0.3, 0.4) is 0 Å². The quantitative estimate of drug-likeness (QED) is 0.125. The van der Waals surface area contributed by atoms with E-state index in [0.29, 0.717) is 24.0 Å². The molecule has 5 aromatic rings. The number of hydrogen-bond acceptors (Lipinski definition) is 8. The molecule has 0 saturated heterocycles. The van der Waals surface area contributed by atoms with E-state index in [9.17, 15) is 19.5 Å². The second-order valence-electron chi connectivity index (χ2n) is 9.87. The SMILES string of the molecule is O=C(CCCCC(=O)Oc1c(-c2ccc(O)c(OCc3ccccc3)c2)oc2ccccc2c1=O)OCc1ccccc1. The summed E-state index contributed by atoms with van der Waals surface area (Å²) in [6.07, 6.45) is 0.924. The van der Waals surface area contributed by atoms with Gasteiger partial charge < -0.3 is 23.7 Å². The molecule has 1 N–H and O–H groups in total. The normalized spacial score (nSPS) is 10.8. The van der Waals surface area contributed by atoms with E-state index in [4.69, 9.17) is 18.6 Å². The molecule has 1 aromatic heterocycles. The van der Waals surface area contributed by atoms with E-state index < -0.39 is 11.4 Å². The molecule has 4 aromatic carbocycles. The van der Waals surface area contributed by atoms with Crippen molar-refractivity contribution in [2.75, 3.05) is 0 Å². The number of hydrogen-bond donors (Lipinski definition) is 1. The van der Waals surface area contributed by atoms with Gasteiger partial charge in [0.25, 0.3) is 0 Å². The molecule has 0 spiro atoms. The van der Waals surface area contributed by atoms with Crippen LogP contribution in [-0.4, -0.2) is 17.0 Å². The van der Waals surface area contributed by atoms with Gasteiger partial charge in [-0.25, -0.2) is 0 Å². The maximum atomic E-state index is 13.4. The van der Waals surface area contributed by atoms with E-state index in [0.717, 1.165) is 11.1 Å². The molecule has 0 saturated carbocycles. The van der Waals surface area contributed by atoms with Gasteiger partial charge in [-0.15, -0.1) is 0 Å². The van der Waals surface area contributed by atoms with Crippen molar-refractivity contribution in [1.29, 1.82) is 0 Å². The summed E-state index contributed by atoms with van der Waals surface area (Å²) in [5, 5.41) is 10.7. The first kappa shape index (κ1) is 29.1. The van der Waals surface area contributed by atoms with Crippen molar-refractivity contribution in [3.63, 3.8) is 0 Å². The van der Waals surface area contributed by atoms with Crippen LogP contribution in [0.2, 0.25) is 0 Å². The molecule has 1 heterocycles. The molecule has 0 unspecified atom stereocenters. The van der Waals surface area contributed by atoms with Crippen LogP contribution in [-0.2, 0) is 27.5 Å². The molecule has 218 valence electrons. The van der Waals surface area contributed by atoms with Gasteiger partial charge >= 0.3 is 11.9 Å². The highest BCUT2D eigenvalue weighted by Gasteiger charge is 2.22. The third-order valence-corrected chi connectivity index (χ3v) is 6.69. The summed E-state index contributed by atoms with van der Waals surface area (Å²) in [7, 11) is 0. The predicted octanol–water partition coefficient (Wildman–Crippen LogP) is 6.95. The Hall–Kier alpha value is -5.37. The van der Waals surface area contributed by atoms with Crippen LogP contribution < -0.4 is 14.9 Å². The highest BCUT2D eigenvalue weighted by Crippen LogP contribution is 2.37. The molecule has 0 aliphatic heterocycles. The fourth-order valence-corrected chi connectivity index (χ4v) is 4.43. The van der Waals surface area contributed by atoms with Crippen LogP contribution >= 0.6 is 0 Å². The smallest absolute Gasteiger partial charge is 0.311 e. The van der Waals surface area contributed by atoms with Crippen LogP contribution in [0.25, 0.3) is 22.3 Å². The third-order valence-electron chi connectivity index (χ3n) is 6.69. The summed E-state index contributed by atoms with van der Waals surface area (Å²) < 4.78 is 22.8. The first-order chi connectivity index (χ1) is 21.0. The van der Waals surface area contributed by atoms with E-state index in [-0.39, 0.29) is 60.4 Å². The fourth-order valence-electron chi connectivity index (χ4n) is 4.43. The number of rotatable bonds is 12. The lowest BCUT2D eigenvalue weighted by molar-refractivity contribution is -0.145. The van der Waals surface area contributed by atoms with Crippen molar-refractivity contribution in [1.82, 2.24) is 0 Å². The minimum absolute atomic E-state index is 0.0152. The van der Waals surface area contributed by atoms with Gasteiger partial charge in [-0.05, 0) is 54.3 Å². The Bertz CT molecular complexity index is 1760. The molecule has 0 radical (unpaired) electrons. The highest BCUT2D eigenvalue weighted by atomic mass is 16.5. The minimum atomic E-state index is -0.638. The van der Waals surface area contributed by atoms with Gasteiger partial charge in [0.05, 0.1) is 5.39 Å². The number of esters is 2. The average molecular weight is 579 g/mol. The summed E-state index contributed by atoms with van der Waals surface area (Å²) in [6, 6.07) is 30.0. The number of fused-ring (bicyclic) bond motifs is 1. The topological polar surface area (TPSA) is 112 Å². The average Bonchev–Trinajstić information content (AvgIpc) is 3.04. The number of ether oxygens (including phenoxy) is 3. The third kappa shape index (κ3) is 7.68. The molecular formula is C35H30O8. The maximum Gasteiger partial charge on any atom is 0.311 e. The Morgan fingerprint density at radius 3 is 2.07 bits per heavy atom.